The summed E-state index contributed by atoms with van der Waals surface area (Å²) in [6, 6.07) is 0. The van der Waals surface area contributed by atoms with Crippen LogP contribution in [0.5, 0.6) is 0 Å². The van der Waals surface area contributed by atoms with E-state index in [0.29, 0.717) is 19.5 Å². The lowest BCUT2D eigenvalue weighted by molar-refractivity contribution is -0.151. The van der Waals surface area contributed by atoms with Crippen LogP contribution in [0.15, 0.2) is 0 Å². The van der Waals surface area contributed by atoms with Crippen LogP contribution in [0.2, 0.25) is 0 Å². The Bertz CT molecular complexity index is 352. The van der Waals surface area contributed by atoms with E-state index in [2.05, 4.69) is 0 Å². The van der Waals surface area contributed by atoms with Crippen molar-refractivity contribution in [3.8, 4) is 0 Å². The monoisotopic (exact) mass is 256 g/mol. The predicted octanol–water partition coefficient (Wildman–Crippen LogP) is 0.931. The number of nitrogens with two attached hydrogens (primary N) is 1. The van der Waals surface area contributed by atoms with Gasteiger partial charge in [-0.05, 0) is 26.2 Å². The molecule has 1 atom stereocenters. The van der Waals surface area contributed by atoms with E-state index in [0.717, 1.165) is 0 Å². The van der Waals surface area contributed by atoms with Gasteiger partial charge in [-0.15, -0.1) is 0 Å². The summed E-state index contributed by atoms with van der Waals surface area (Å²) >= 11 is 0. The van der Waals surface area contributed by atoms with Crippen LogP contribution < -0.4 is 5.73 Å². The predicted molar refractivity (Wildman–Crippen MR) is 68.9 cm³/mol. The molecule has 5 heteroatoms. The van der Waals surface area contributed by atoms with E-state index in [9.17, 15) is 14.7 Å². The molecule has 1 rings (SSSR count). The highest BCUT2D eigenvalue weighted by atomic mass is 16.4. The molecule has 18 heavy (non-hydrogen) atoms. The van der Waals surface area contributed by atoms with Gasteiger partial charge in [-0.2, -0.15) is 0 Å². The van der Waals surface area contributed by atoms with Crippen LogP contribution in [0.1, 0.15) is 34.1 Å². The van der Waals surface area contributed by atoms with Gasteiger partial charge in [0.2, 0.25) is 5.91 Å². The average Bonchev–Trinajstić information content (AvgIpc) is 2.74. The Morgan fingerprint density at radius 3 is 2.33 bits per heavy atom. The van der Waals surface area contributed by atoms with Crippen molar-refractivity contribution in [3.63, 3.8) is 0 Å². The van der Waals surface area contributed by atoms with Gasteiger partial charge in [-0.3, -0.25) is 9.59 Å². The van der Waals surface area contributed by atoms with Crippen molar-refractivity contribution in [3.05, 3.63) is 0 Å². The molecule has 1 saturated heterocycles. The highest BCUT2D eigenvalue weighted by Gasteiger charge is 2.49. The molecule has 1 heterocycles. The van der Waals surface area contributed by atoms with Gasteiger partial charge in [0.25, 0.3) is 0 Å². The summed E-state index contributed by atoms with van der Waals surface area (Å²) in [5, 5.41) is 9.43. The maximum Gasteiger partial charge on any atom is 0.311 e. The van der Waals surface area contributed by atoms with E-state index < -0.39 is 16.8 Å². The Hall–Kier alpha value is -1.10. The molecule has 104 valence electrons. The molecule has 0 aromatic rings. The summed E-state index contributed by atoms with van der Waals surface area (Å²) in [6.45, 7) is 8.46. The van der Waals surface area contributed by atoms with Crippen LogP contribution in [0.3, 0.4) is 0 Å². The molecule has 0 saturated carbocycles. The van der Waals surface area contributed by atoms with Crippen molar-refractivity contribution in [2.75, 3.05) is 19.6 Å². The first-order chi connectivity index (χ1) is 8.17. The quantitative estimate of drug-likeness (QED) is 0.783. The van der Waals surface area contributed by atoms with E-state index in [-0.39, 0.29) is 18.4 Å². The first kappa shape index (κ1) is 15.0. The lowest BCUT2D eigenvalue weighted by Crippen LogP contribution is -2.46. The molecule has 0 aromatic heterocycles. The number of carboxylic acid groups (broad SMARTS) is 1. The average molecular weight is 256 g/mol. The number of carbonyl (C=O) groups excluding carboxylic acids is 1. The fraction of sp³-hybridized carbons (Fsp3) is 0.846. The molecule has 1 aliphatic rings. The molecule has 0 aromatic carbocycles. The number of carboxylic acids is 1. The molecular formula is C13H24N2O3. The van der Waals surface area contributed by atoms with Crippen LogP contribution in [0, 0.1) is 16.7 Å². The number of hydrogen-bond donors (Lipinski definition) is 2. The number of amides is 1. The summed E-state index contributed by atoms with van der Waals surface area (Å²) in [5.74, 6) is -0.846. The number of hydrogen-bond acceptors (Lipinski definition) is 3. The maximum atomic E-state index is 12.3. The van der Waals surface area contributed by atoms with Crippen LogP contribution in [0.4, 0.5) is 0 Å². The number of aliphatic carboxylic acids is 1. The van der Waals surface area contributed by atoms with Gasteiger partial charge >= 0.3 is 5.97 Å². The van der Waals surface area contributed by atoms with E-state index in [1.807, 2.05) is 13.8 Å². The number of carbonyl (C=O) groups is 2. The van der Waals surface area contributed by atoms with Gasteiger partial charge in [0.15, 0.2) is 0 Å². The molecule has 1 aliphatic heterocycles. The molecule has 1 unspecified atom stereocenters. The normalized spacial score (nSPS) is 24.7. The van der Waals surface area contributed by atoms with Gasteiger partial charge in [0.05, 0.1) is 10.8 Å². The summed E-state index contributed by atoms with van der Waals surface area (Å²) in [6.07, 6.45) is 0.520. The zero-order valence-corrected chi connectivity index (χ0v) is 11.7. The number of rotatable bonds is 4. The SMILES string of the molecule is CC(C)C1(C(=O)O)CCN(C(=O)C(C)(C)CN)C1. The second-order valence-corrected chi connectivity index (χ2v) is 6.18. The third-order valence-corrected chi connectivity index (χ3v) is 4.21. The summed E-state index contributed by atoms with van der Waals surface area (Å²) in [5.41, 5.74) is 4.17. The maximum absolute atomic E-state index is 12.3. The minimum Gasteiger partial charge on any atom is -0.481 e. The molecule has 0 bridgehead atoms. The summed E-state index contributed by atoms with van der Waals surface area (Å²) < 4.78 is 0. The Morgan fingerprint density at radius 2 is 2.00 bits per heavy atom. The second-order valence-electron chi connectivity index (χ2n) is 6.18. The van der Waals surface area contributed by atoms with Crippen molar-refractivity contribution in [1.82, 2.24) is 4.90 Å². The second kappa shape index (κ2) is 4.88. The first-order valence-electron chi connectivity index (χ1n) is 6.40. The Kier molecular flexibility index (Phi) is 4.05. The molecule has 5 nitrogen and oxygen atoms in total. The number of nitrogens with zero attached hydrogens (tertiary/aromatic N) is 1. The number of likely N-dealkylation sites (tertiary alicyclic amines) is 1. The lowest BCUT2D eigenvalue weighted by Gasteiger charge is -2.31. The van der Waals surface area contributed by atoms with Crippen molar-refractivity contribution < 1.29 is 14.7 Å². The van der Waals surface area contributed by atoms with Gasteiger partial charge in [0.1, 0.15) is 0 Å². The molecule has 0 spiro atoms. The standard InChI is InChI=1S/C13H24N2O3/c1-9(2)13(11(17)18)5-6-15(8-13)10(16)12(3,4)7-14/h9H,5-8,14H2,1-4H3,(H,17,18). The third-order valence-electron chi connectivity index (χ3n) is 4.21. The molecule has 1 fully saturated rings. The Morgan fingerprint density at radius 1 is 1.44 bits per heavy atom. The van der Waals surface area contributed by atoms with E-state index >= 15 is 0 Å². The van der Waals surface area contributed by atoms with E-state index in [1.165, 1.54) is 0 Å². The molecule has 0 radical (unpaired) electrons. The zero-order valence-electron chi connectivity index (χ0n) is 11.7. The van der Waals surface area contributed by atoms with Gasteiger partial charge in [-0.25, -0.2) is 0 Å². The van der Waals surface area contributed by atoms with E-state index in [1.54, 1.807) is 18.7 Å². The molecule has 1 amide bonds. The van der Waals surface area contributed by atoms with Crippen molar-refractivity contribution in [2.45, 2.75) is 34.1 Å². The molecular weight excluding hydrogens is 232 g/mol. The van der Waals surface area contributed by atoms with Crippen LogP contribution >= 0.6 is 0 Å². The first-order valence-corrected chi connectivity index (χ1v) is 6.40. The van der Waals surface area contributed by atoms with Crippen LogP contribution in [0.25, 0.3) is 0 Å². The highest BCUT2D eigenvalue weighted by molar-refractivity contribution is 5.84. The summed E-state index contributed by atoms with van der Waals surface area (Å²) in [7, 11) is 0. The van der Waals surface area contributed by atoms with E-state index in [4.69, 9.17) is 5.73 Å². The lowest BCUT2D eigenvalue weighted by atomic mass is 9.76. The molecule has 0 aliphatic carbocycles. The fourth-order valence-corrected chi connectivity index (χ4v) is 2.41. The zero-order chi connectivity index (χ0) is 14.1. The van der Waals surface area contributed by atoms with Gasteiger partial charge < -0.3 is 15.7 Å². The Labute approximate surface area is 108 Å². The van der Waals surface area contributed by atoms with Crippen LogP contribution in [-0.2, 0) is 9.59 Å². The topological polar surface area (TPSA) is 83.6 Å². The van der Waals surface area contributed by atoms with Crippen molar-refractivity contribution in [1.29, 1.82) is 0 Å². The van der Waals surface area contributed by atoms with Crippen molar-refractivity contribution >= 4 is 11.9 Å². The van der Waals surface area contributed by atoms with Gasteiger partial charge in [-0.1, -0.05) is 13.8 Å². The summed E-state index contributed by atoms with van der Waals surface area (Å²) in [4.78, 5) is 25.4. The smallest absolute Gasteiger partial charge is 0.311 e. The minimum absolute atomic E-state index is 0.00814. The van der Waals surface area contributed by atoms with Crippen LogP contribution in [-0.4, -0.2) is 41.5 Å². The van der Waals surface area contributed by atoms with Crippen molar-refractivity contribution in [2.24, 2.45) is 22.5 Å². The largest absolute Gasteiger partial charge is 0.481 e. The molecule has 3 N–H and O–H groups in total. The minimum atomic E-state index is -0.807. The highest BCUT2D eigenvalue weighted by Crippen LogP contribution is 2.39. The Balaban J connectivity index is 2.89. The third kappa shape index (κ3) is 2.36. The fourth-order valence-electron chi connectivity index (χ4n) is 2.41. The van der Waals surface area contributed by atoms with Gasteiger partial charge in [0, 0.05) is 19.6 Å².